The van der Waals surface area contributed by atoms with Crippen LogP contribution in [0.2, 0.25) is 0 Å². The van der Waals surface area contributed by atoms with Gasteiger partial charge in [-0.25, -0.2) is 4.39 Å². The molecule has 3 aromatic rings. The molecule has 4 nitrogen and oxygen atoms in total. The first-order valence-corrected chi connectivity index (χ1v) is 5.76. The van der Waals surface area contributed by atoms with Crippen LogP contribution in [0.4, 0.5) is 4.39 Å². The monoisotopic (exact) mass is 252 g/mol. The largest absolute Gasteiger partial charge is 0.253 e. The zero-order chi connectivity index (χ0) is 13.2. The Bertz CT molecular complexity index is 785. The first-order chi connectivity index (χ1) is 9.29. The van der Waals surface area contributed by atoms with E-state index in [4.69, 9.17) is 5.26 Å². The van der Waals surface area contributed by atoms with E-state index in [9.17, 15) is 4.39 Å². The third kappa shape index (κ3) is 1.93. The second-order valence-corrected chi connectivity index (χ2v) is 4.10. The van der Waals surface area contributed by atoms with Crippen LogP contribution in [0.3, 0.4) is 0 Å². The number of nitriles is 1. The summed E-state index contributed by atoms with van der Waals surface area (Å²) in [5.74, 6) is -0.280. The van der Waals surface area contributed by atoms with E-state index in [0.717, 1.165) is 0 Å². The molecule has 19 heavy (non-hydrogen) atoms. The lowest BCUT2D eigenvalue weighted by Crippen LogP contribution is -1.95. The molecule has 0 spiro atoms. The molecule has 0 amide bonds. The summed E-state index contributed by atoms with van der Waals surface area (Å²) < 4.78 is 14.9. The Morgan fingerprint density at radius 1 is 1.21 bits per heavy atom. The molecule has 0 N–H and O–H groups in total. The Morgan fingerprint density at radius 2 is 2.05 bits per heavy atom. The van der Waals surface area contributed by atoms with Crippen molar-refractivity contribution < 1.29 is 4.39 Å². The van der Waals surface area contributed by atoms with Gasteiger partial charge < -0.3 is 0 Å². The predicted molar refractivity (Wildman–Crippen MR) is 67.7 cm³/mol. The van der Waals surface area contributed by atoms with Gasteiger partial charge in [-0.05, 0) is 23.8 Å². The molecule has 0 radical (unpaired) electrons. The standard InChI is InChI=1S/C14H9FN4/c15-11-5-2-1-4-10(11)8-12-14-13(6-3-7-17-14)19(9-16)18-12/h1-7H,8H2. The van der Waals surface area contributed by atoms with Crippen LogP contribution in [0.1, 0.15) is 11.3 Å². The molecule has 0 fully saturated rings. The van der Waals surface area contributed by atoms with Gasteiger partial charge in [0.2, 0.25) is 6.19 Å². The van der Waals surface area contributed by atoms with Crippen LogP contribution in [0.25, 0.3) is 11.0 Å². The molecule has 2 aromatic heterocycles. The van der Waals surface area contributed by atoms with Gasteiger partial charge in [0.25, 0.3) is 0 Å². The van der Waals surface area contributed by atoms with Crippen molar-refractivity contribution in [2.24, 2.45) is 0 Å². The van der Waals surface area contributed by atoms with Gasteiger partial charge >= 0.3 is 0 Å². The molecule has 0 bridgehead atoms. The molecule has 0 saturated carbocycles. The zero-order valence-corrected chi connectivity index (χ0v) is 9.92. The molecule has 2 heterocycles. The van der Waals surface area contributed by atoms with E-state index < -0.39 is 0 Å². The fourth-order valence-corrected chi connectivity index (χ4v) is 2.03. The first-order valence-electron chi connectivity index (χ1n) is 5.76. The number of rotatable bonds is 2. The van der Waals surface area contributed by atoms with Crippen molar-refractivity contribution in [1.82, 2.24) is 14.8 Å². The summed E-state index contributed by atoms with van der Waals surface area (Å²) in [5, 5.41) is 13.2. The van der Waals surface area contributed by atoms with Crippen LogP contribution in [0.5, 0.6) is 0 Å². The maximum atomic E-state index is 13.6. The van der Waals surface area contributed by atoms with Gasteiger partial charge in [0.15, 0.2) is 0 Å². The van der Waals surface area contributed by atoms with Crippen LogP contribution in [0.15, 0.2) is 42.6 Å². The SMILES string of the molecule is N#Cn1nc(Cc2ccccc2F)c2ncccc21. The third-order valence-electron chi connectivity index (χ3n) is 2.92. The summed E-state index contributed by atoms with van der Waals surface area (Å²) in [6, 6.07) is 10.0. The fraction of sp³-hybridized carbons (Fsp3) is 0.0714. The van der Waals surface area contributed by atoms with Crippen LogP contribution >= 0.6 is 0 Å². The van der Waals surface area contributed by atoms with E-state index in [1.165, 1.54) is 10.7 Å². The summed E-state index contributed by atoms with van der Waals surface area (Å²) in [5.41, 5.74) is 2.41. The van der Waals surface area contributed by atoms with Gasteiger partial charge in [0.1, 0.15) is 16.9 Å². The molecule has 0 atom stereocenters. The van der Waals surface area contributed by atoms with E-state index >= 15 is 0 Å². The normalized spacial score (nSPS) is 10.5. The number of nitrogens with zero attached hydrogens (tertiary/aromatic N) is 4. The Kier molecular flexibility index (Phi) is 2.69. The van der Waals surface area contributed by atoms with Crippen molar-refractivity contribution in [3.8, 4) is 6.19 Å². The molecular formula is C14H9FN4. The fourth-order valence-electron chi connectivity index (χ4n) is 2.03. The Labute approximate surface area is 108 Å². The van der Waals surface area contributed by atoms with Crippen LogP contribution in [0, 0.1) is 17.3 Å². The Morgan fingerprint density at radius 3 is 2.84 bits per heavy atom. The minimum Gasteiger partial charge on any atom is -0.253 e. The molecule has 5 heteroatoms. The summed E-state index contributed by atoms with van der Waals surface area (Å²) >= 11 is 0. The Balaban J connectivity index is 2.12. The van der Waals surface area contributed by atoms with E-state index in [0.29, 0.717) is 28.7 Å². The summed E-state index contributed by atoms with van der Waals surface area (Å²) in [6.07, 6.45) is 3.91. The van der Waals surface area contributed by atoms with Gasteiger partial charge in [-0.1, -0.05) is 18.2 Å². The van der Waals surface area contributed by atoms with Crippen LogP contribution in [-0.4, -0.2) is 14.8 Å². The predicted octanol–water partition coefficient (Wildman–Crippen LogP) is 2.49. The molecule has 1 aromatic carbocycles. The smallest absolute Gasteiger partial charge is 0.207 e. The van der Waals surface area contributed by atoms with Gasteiger partial charge in [-0.2, -0.15) is 15.0 Å². The molecule has 0 aliphatic rings. The zero-order valence-electron chi connectivity index (χ0n) is 9.92. The lowest BCUT2D eigenvalue weighted by molar-refractivity contribution is 0.613. The van der Waals surface area contributed by atoms with Crippen LogP contribution in [-0.2, 0) is 6.42 Å². The highest BCUT2D eigenvalue weighted by molar-refractivity contribution is 5.78. The lowest BCUT2D eigenvalue weighted by Gasteiger charge is -1.99. The highest BCUT2D eigenvalue weighted by atomic mass is 19.1. The quantitative estimate of drug-likeness (QED) is 0.704. The topological polar surface area (TPSA) is 54.5 Å². The number of hydrogen-bond donors (Lipinski definition) is 0. The lowest BCUT2D eigenvalue weighted by atomic mass is 10.1. The van der Waals surface area contributed by atoms with Crippen molar-refractivity contribution in [3.05, 3.63) is 59.7 Å². The van der Waals surface area contributed by atoms with Crippen molar-refractivity contribution in [2.75, 3.05) is 0 Å². The Hall–Kier alpha value is -2.74. The van der Waals surface area contributed by atoms with Gasteiger partial charge in [0.05, 0.1) is 5.69 Å². The maximum Gasteiger partial charge on any atom is 0.207 e. The molecule has 0 unspecified atom stereocenters. The molecule has 0 aliphatic heterocycles. The molecular weight excluding hydrogens is 243 g/mol. The van der Waals surface area contributed by atoms with Gasteiger partial charge in [-0.3, -0.25) is 4.98 Å². The number of aromatic nitrogens is 3. The van der Waals surface area contributed by atoms with E-state index in [2.05, 4.69) is 10.1 Å². The number of fused-ring (bicyclic) bond motifs is 1. The second-order valence-electron chi connectivity index (χ2n) is 4.10. The van der Waals surface area contributed by atoms with Crippen molar-refractivity contribution in [2.45, 2.75) is 6.42 Å². The number of halogens is 1. The number of benzene rings is 1. The number of hydrogen-bond acceptors (Lipinski definition) is 3. The average molecular weight is 252 g/mol. The van der Waals surface area contributed by atoms with E-state index in [1.807, 2.05) is 6.19 Å². The van der Waals surface area contributed by atoms with Crippen LogP contribution < -0.4 is 0 Å². The van der Waals surface area contributed by atoms with E-state index in [1.54, 1.807) is 36.5 Å². The van der Waals surface area contributed by atoms with Gasteiger partial charge in [-0.15, -0.1) is 0 Å². The molecule has 0 saturated heterocycles. The first kappa shape index (κ1) is 11.4. The maximum absolute atomic E-state index is 13.6. The van der Waals surface area contributed by atoms with Gasteiger partial charge in [0, 0.05) is 12.6 Å². The third-order valence-corrected chi connectivity index (χ3v) is 2.92. The second kappa shape index (κ2) is 4.50. The van der Waals surface area contributed by atoms with Crippen molar-refractivity contribution in [3.63, 3.8) is 0 Å². The summed E-state index contributed by atoms with van der Waals surface area (Å²) in [4.78, 5) is 4.22. The van der Waals surface area contributed by atoms with Crippen molar-refractivity contribution >= 4 is 11.0 Å². The summed E-state index contributed by atoms with van der Waals surface area (Å²) in [6.45, 7) is 0. The average Bonchev–Trinajstić information content (AvgIpc) is 2.80. The minimum absolute atomic E-state index is 0.280. The molecule has 92 valence electrons. The van der Waals surface area contributed by atoms with Crippen molar-refractivity contribution in [1.29, 1.82) is 5.26 Å². The molecule has 0 aliphatic carbocycles. The summed E-state index contributed by atoms with van der Waals surface area (Å²) in [7, 11) is 0. The number of pyridine rings is 1. The minimum atomic E-state index is -0.280. The van der Waals surface area contributed by atoms with E-state index in [-0.39, 0.29) is 5.82 Å². The molecule has 3 rings (SSSR count). The highest BCUT2D eigenvalue weighted by Gasteiger charge is 2.13. The highest BCUT2D eigenvalue weighted by Crippen LogP contribution is 2.19.